The summed E-state index contributed by atoms with van der Waals surface area (Å²) in [6.45, 7) is 6.55. The van der Waals surface area contributed by atoms with Crippen LogP contribution < -0.4 is 21.3 Å². The van der Waals surface area contributed by atoms with E-state index in [4.69, 9.17) is 10.6 Å². The van der Waals surface area contributed by atoms with Gasteiger partial charge in [-0.25, -0.2) is 15.8 Å². The molecule has 4 N–H and O–H groups in total. The van der Waals surface area contributed by atoms with Gasteiger partial charge in [-0.1, -0.05) is 6.92 Å². The lowest BCUT2D eigenvalue weighted by atomic mass is 10.2. The van der Waals surface area contributed by atoms with Gasteiger partial charge < -0.3 is 15.5 Å². The Kier molecular flexibility index (Phi) is 4.94. The van der Waals surface area contributed by atoms with Crippen molar-refractivity contribution in [3.63, 3.8) is 0 Å². The fraction of sp³-hybridized carbons (Fsp3) is 0.333. The van der Waals surface area contributed by atoms with Crippen LogP contribution >= 0.6 is 0 Å². The van der Waals surface area contributed by atoms with Gasteiger partial charge in [-0.05, 0) is 38.1 Å². The van der Waals surface area contributed by atoms with Gasteiger partial charge in [0.25, 0.3) is 0 Å². The van der Waals surface area contributed by atoms with Gasteiger partial charge in [-0.2, -0.15) is 0 Å². The Hall–Kier alpha value is -2.34. The third kappa shape index (κ3) is 3.61. The maximum absolute atomic E-state index is 5.51. The average Bonchev–Trinajstić information content (AvgIpc) is 2.51. The second-order valence-electron chi connectivity index (χ2n) is 4.54. The number of benzene rings is 1. The van der Waals surface area contributed by atoms with Gasteiger partial charge in [0, 0.05) is 17.7 Å². The highest BCUT2D eigenvalue weighted by Crippen LogP contribution is 2.24. The van der Waals surface area contributed by atoms with Crippen LogP contribution in [0.2, 0.25) is 0 Å². The largest absolute Gasteiger partial charge is 0.494 e. The number of aromatic nitrogens is 2. The smallest absolute Gasteiger partial charge is 0.148 e. The van der Waals surface area contributed by atoms with E-state index in [1.54, 1.807) is 0 Å². The van der Waals surface area contributed by atoms with Crippen molar-refractivity contribution in [1.82, 2.24) is 9.97 Å². The molecule has 0 saturated carbocycles. The summed E-state index contributed by atoms with van der Waals surface area (Å²) in [5.41, 5.74) is 4.42. The lowest BCUT2D eigenvalue weighted by molar-refractivity contribution is 0.340. The molecule has 0 bridgehead atoms. The molecule has 2 rings (SSSR count). The van der Waals surface area contributed by atoms with Crippen LogP contribution in [0.3, 0.4) is 0 Å². The molecule has 0 unspecified atom stereocenters. The zero-order valence-corrected chi connectivity index (χ0v) is 12.6. The Labute approximate surface area is 124 Å². The summed E-state index contributed by atoms with van der Waals surface area (Å²) in [5, 5.41) is 3.29. The molecule has 6 heteroatoms. The van der Waals surface area contributed by atoms with Crippen molar-refractivity contribution in [2.75, 3.05) is 17.3 Å². The van der Waals surface area contributed by atoms with E-state index in [0.29, 0.717) is 12.4 Å². The first-order valence-electron chi connectivity index (χ1n) is 7.02. The first kappa shape index (κ1) is 15.1. The molecular weight excluding hydrogens is 266 g/mol. The van der Waals surface area contributed by atoms with E-state index in [0.717, 1.165) is 35.1 Å². The van der Waals surface area contributed by atoms with Gasteiger partial charge in [0.05, 0.1) is 6.61 Å². The Bertz CT molecular complexity index is 598. The van der Waals surface area contributed by atoms with E-state index in [2.05, 4.69) is 20.7 Å². The molecule has 1 heterocycles. The highest BCUT2D eigenvalue weighted by atomic mass is 16.5. The summed E-state index contributed by atoms with van der Waals surface area (Å²) in [5.74, 6) is 8.47. The van der Waals surface area contributed by atoms with Crippen LogP contribution in [0.1, 0.15) is 25.2 Å². The van der Waals surface area contributed by atoms with E-state index < -0.39 is 0 Å². The molecule has 0 spiro atoms. The highest BCUT2D eigenvalue weighted by Gasteiger charge is 2.09. The maximum Gasteiger partial charge on any atom is 0.148 e. The van der Waals surface area contributed by atoms with Gasteiger partial charge in [0.1, 0.15) is 23.2 Å². The molecule has 2 aromatic rings. The number of rotatable bonds is 6. The monoisotopic (exact) mass is 287 g/mol. The third-order valence-corrected chi connectivity index (χ3v) is 3.07. The summed E-state index contributed by atoms with van der Waals surface area (Å²) >= 11 is 0. The summed E-state index contributed by atoms with van der Waals surface area (Å²) < 4.78 is 5.43. The van der Waals surface area contributed by atoms with Gasteiger partial charge in [0.2, 0.25) is 0 Å². The number of nitrogens with two attached hydrogens (primary N) is 1. The zero-order valence-electron chi connectivity index (χ0n) is 12.6. The second-order valence-corrected chi connectivity index (χ2v) is 4.54. The molecule has 0 atom stereocenters. The fourth-order valence-corrected chi connectivity index (χ4v) is 1.92. The summed E-state index contributed by atoms with van der Waals surface area (Å²) in [6.07, 6.45) is 0.743. The summed E-state index contributed by atoms with van der Waals surface area (Å²) in [7, 11) is 0. The minimum Gasteiger partial charge on any atom is -0.494 e. The highest BCUT2D eigenvalue weighted by molar-refractivity contribution is 5.64. The lowest BCUT2D eigenvalue weighted by Crippen LogP contribution is -2.13. The van der Waals surface area contributed by atoms with Crippen LogP contribution in [0.25, 0.3) is 0 Å². The topological polar surface area (TPSA) is 85.1 Å². The fourth-order valence-electron chi connectivity index (χ4n) is 1.92. The van der Waals surface area contributed by atoms with Gasteiger partial charge >= 0.3 is 0 Å². The van der Waals surface area contributed by atoms with Crippen LogP contribution in [-0.2, 0) is 6.42 Å². The molecule has 112 valence electrons. The molecule has 0 amide bonds. The van der Waals surface area contributed by atoms with Gasteiger partial charge in [-0.15, -0.1) is 0 Å². The van der Waals surface area contributed by atoms with Gasteiger partial charge in [-0.3, -0.25) is 0 Å². The van der Waals surface area contributed by atoms with Crippen molar-refractivity contribution < 1.29 is 4.74 Å². The summed E-state index contributed by atoms with van der Waals surface area (Å²) in [6, 6.07) is 7.75. The van der Waals surface area contributed by atoms with E-state index in [1.807, 2.05) is 45.0 Å². The molecule has 0 aliphatic heterocycles. The predicted molar refractivity (Wildman–Crippen MR) is 84.9 cm³/mol. The minimum absolute atomic E-state index is 0.635. The predicted octanol–water partition coefficient (Wildman–Crippen LogP) is 2.78. The minimum atomic E-state index is 0.635. The maximum atomic E-state index is 5.51. The number of nitrogen functional groups attached to an aromatic ring is 1. The van der Waals surface area contributed by atoms with Crippen LogP contribution in [0, 0.1) is 6.92 Å². The average molecular weight is 287 g/mol. The van der Waals surface area contributed by atoms with E-state index in [-0.39, 0.29) is 0 Å². The van der Waals surface area contributed by atoms with Crippen molar-refractivity contribution >= 4 is 17.3 Å². The third-order valence-electron chi connectivity index (χ3n) is 3.07. The molecule has 1 aromatic carbocycles. The Morgan fingerprint density at radius 3 is 2.33 bits per heavy atom. The van der Waals surface area contributed by atoms with Crippen molar-refractivity contribution in [3.05, 3.63) is 35.7 Å². The Balaban J connectivity index is 2.25. The first-order chi connectivity index (χ1) is 10.2. The number of ether oxygens (including phenoxy) is 1. The molecule has 0 radical (unpaired) electrons. The van der Waals surface area contributed by atoms with Gasteiger partial charge in [0.15, 0.2) is 0 Å². The summed E-state index contributed by atoms with van der Waals surface area (Å²) in [4.78, 5) is 8.85. The number of aryl methyl sites for hydroxylation is 1. The number of anilines is 3. The number of nitrogens with one attached hydrogen (secondary N) is 2. The number of nitrogens with zero attached hydrogens (tertiary/aromatic N) is 2. The lowest BCUT2D eigenvalue weighted by Gasteiger charge is -2.13. The Morgan fingerprint density at radius 2 is 1.76 bits per heavy atom. The number of hydrogen-bond acceptors (Lipinski definition) is 6. The van der Waals surface area contributed by atoms with E-state index in [1.165, 1.54) is 0 Å². The van der Waals surface area contributed by atoms with Crippen LogP contribution in [0.5, 0.6) is 5.75 Å². The first-order valence-corrected chi connectivity index (χ1v) is 7.02. The van der Waals surface area contributed by atoms with E-state index >= 15 is 0 Å². The standard InChI is InChI=1S/C15H21N5O/c1-4-13-18-14(10(3)15(19-13)20-16)17-11-6-8-12(9-7-11)21-5-2/h6-9H,4-5,16H2,1-3H3,(H2,17,18,19,20). The van der Waals surface area contributed by atoms with Crippen molar-refractivity contribution in [1.29, 1.82) is 0 Å². The molecular formula is C15H21N5O. The molecule has 0 aliphatic rings. The normalized spacial score (nSPS) is 10.3. The molecule has 0 fully saturated rings. The zero-order chi connectivity index (χ0) is 15.2. The molecule has 0 aliphatic carbocycles. The van der Waals surface area contributed by atoms with Crippen LogP contribution in [0.15, 0.2) is 24.3 Å². The van der Waals surface area contributed by atoms with Crippen molar-refractivity contribution in [2.45, 2.75) is 27.2 Å². The molecule has 21 heavy (non-hydrogen) atoms. The number of hydrazine groups is 1. The van der Waals surface area contributed by atoms with Crippen LogP contribution in [-0.4, -0.2) is 16.6 Å². The molecule has 0 saturated heterocycles. The number of hydrogen-bond donors (Lipinski definition) is 3. The van der Waals surface area contributed by atoms with Crippen molar-refractivity contribution in [3.8, 4) is 5.75 Å². The van der Waals surface area contributed by atoms with E-state index in [9.17, 15) is 0 Å². The Morgan fingerprint density at radius 1 is 1.10 bits per heavy atom. The molecule has 6 nitrogen and oxygen atoms in total. The van der Waals surface area contributed by atoms with Crippen molar-refractivity contribution in [2.24, 2.45) is 5.84 Å². The molecule has 1 aromatic heterocycles. The second kappa shape index (κ2) is 6.90. The SMILES string of the molecule is CCOc1ccc(Nc2nc(CC)nc(NN)c2C)cc1. The van der Waals surface area contributed by atoms with Crippen LogP contribution in [0.4, 0.5) is 17.3 Å². The quantitative estimate of drug-likeness (QED) is 0.559.